The Labute approximate surface area is 156 Å². The average Bonchev–Trinajstić information content (AvgIpc) is 2.59. The lowest BCUT2D eigenvalue weighted by Gasteiger charge is -2.55. The Kier molecular flexibility index (Phi) is 4.71. The maximum atomic E-state index is 13.7. The normalized spacial score (nSPS) is 25.3. The van der Waals surface area contributed by atoms with E-state index >= 15 is 0 Å². The van der Waals surface area contributed by atoms with Crippen LogP contribution in [-0.2, 0) is 0 Å². The highest BCUT2D eigenvalue weighted by molar-refractivity contribution is 5.92. The van der Waals surface area contributed by atoms with Gasteiger partial charge in [-0.3, -0.25) is 19.4 Å². The summed E-state index contributed by atoms with van der Waals surface area (Å²) < 4.78 is 15.4. The second kappa shape index (κ2) is 6.55. The Morgan fingerprint density at radius 1 is 1.31 bits per heavy atom. The minimum absolute atomic E-state index is 0. The summed E-state index contributed by atoms with van der Waals surface area (Å²) >= 11 is 0. The van der Waals surface area contributed by atoms with E-state index in [4.69, 9.17) is 0 Å². The Morgan fingerprint density at radius 2 is 2.04 bits per heavy atom. The minimum atomic E-state index is -1.30. The van der Waals surface area contributed by atoms with Crippen molar-refractivity contribution >= 4 is 29.3 Å². The number of fused-ring (bicyclic) bond motifs is 4. The van der Waals surface area contributed by atoms with Gasteiger partial charge in [0.05, 0.1) is 17.1 Å². The molecule has 140 valence electrons. The Morgan fingerprint density at radius 3 is 2.69 bits per heavy atom. The molecule has 3 atom stereocenters. The lowest BCUT2D eigenvalue weighted by atomic mass is 9.84. The van der Waals surface area contributed by atoms with Gasteiger partial charge in [0, 0.05) is 18.8 Å². The van der Waals surface area contributed by atoms with Gasteiger partial charge in [-0.1, -0.05) is 0 Å². The predicted molar refractivity (Wildman–Crippen MR) is 99.2 cm³/mol. The summed E-state index contributed by atoms with van der Waals surface area (Å²) in [6.07, 6.45) is 3.61. The standard InChI is InChI=1S/C18H20FN3O3.ClH/c1-10-11-3-6-16(20(10)2)22(8-11)21-9-14(18(24)25)17(23)13-7-12(19)4-5-15(13)21;/h4-5,7,9-11,16H,3,6,8H2,1-2H3,(H,24,25);1H. The van der Waals surface area contributed by atoms with Gasteiger partial charge in [-0.2, -0.15) is 0 Å². The molecule has 0 spiro atoms. The van der Waals surface area contributed by atoms with Gasteiger partial charge in [0.1, 0.15) is 11.4 Å². The van der Waals surface area contributed by atoms with Crippen molar-refractivity contribution in [2.24, 2.45) is 5.92 Å². The van der Waals surface area contributed by atoms with Gasteiger partial charge in [0.2, 0.25) is 5.43 Å². The van der Waals surface area contributed by atoms with Crippen molar-refractivity contribution < 1.29 is 14.3 Å². The van der Waals surface area contributed by atoms with Crippen molar-refractivity contribution in [3.63, 3.8) is 0 Å². The predicted octanol–water partition coefficient (Wildman–Crippen LogP) is 2.27. The van der Waals surface area contributed by atoms with Crippen LogP contribution in [0.4, 0.5) is 4.39 Å². The molecule has 2 bridgehead atoms. The lowest BCUT2D eigenvalue weighted by molar-refractivity contribution is 0.0160. The quantitative estimate of drug-likeness (QED) is 0.864. The zero-order chi connectivity index (χ0) is 17.9. The first-order valence-electron chi connectivity index (χ1n) is 8.45. The molecule has 8 heteroatoms. The number of carboxylic acid groups (broad SMARTS) is 1. The number of aromatic carboxylic acids is 1. The molecule has 0 aliphatic carbocycles. The average molecular weight is 382 g/mol. The van der Waals surface area contributed by atoms with E-state index in [1.54, 1.807) is 10.7 Å². The van der Waals surface area contributed by atoms with Gasteiger partial charge < -0.3 is 5.11 Å². The SMILES string of the molecule is CC1C2CCC(N1C)N(n1cc(C(=O)O)c(=O)c3cc(F)ccc31)C2.Cl. The molecule has 3 aliphatic heterocycles. The number of piperidine rings is 2. The Hall–Kier alpha value is -2.12. The highest BCUT2D eigenvalue weighted by Crippen LogP contribution is 2.35. The number of halogens is 2. The third-order valence-corrected chi connectivity index (χ3v) is 5.81. The second-order valence-corrected chi connectivity index (χ2v) is 7.03. The highest BCUT2D eigenvalue weighted by Gasteiger charge is 2.42. The molecule has 3 aliphatic rings. The van der Waals surface area contributed by atoms with Crippen LogP contribution in [0.3, 0.4) is 0 Å². The molecule has 1 N–H and O–H groups in total. The number of benzene rings is 1. The van der Waals surface area contributed by atoms with Gasteiger partial charge in [-0.15, -0.1) is 12.4 Å². The Balaban J connectivity index is 0.00000196. The fraction of sp³-hybridized carbons (Fsp3) is 0.444. The maximum absolute atomic E-state index is 13.7. The summed E-state index contributed by atoms with van der Waals surface area (Å²) in [7, 11) is 2.07. The number of hydrogen-bond donors (Lipinski definition) is 1. The van der Waals surface area contributed by atoms with Crippen molar-refractivity contribution in [2.75, 3.05) is 18.6 Å². The van der Waals surface area contributed by atoms with Crippen LogP contribution >= 0.6 is 12.4 Å². The zero-order valence-corrected chi connectivity index (χ0v) is 15.4. The first-order valence-corrected chi connectivity index (χ1v) is 8.45. The van der Waals surface area contributed by atoms with E-state index in [1.165, 1.54) is 12.3 Å². The molecule has 3 saturated heterocycles. The molecule has 6 nitrogen and oxygen atoms in total. The van der Waals surface area contributed by atoms with Gasteiger partial charge in [0.15, 0.2) is 0 Å². The van der Waals surface area contributed by atoms with Gasteiger partial charge >= 0.3 is 5.97 Å². The largest absolute Gasteiger partial charge is 0.477 e. The van der Waals surface area contributed by atoms with Crippen LogP contribution in [0.2, 0.25) is 0 Å². The minimum Gasteiger partial charge on any atom is -0.477 e. The fourth-order valence-corrected chi connectivity index (χ4v) is 4.26. The smallest absolute Gasteiger partial charge is 0.341 e. The summed E-state index contributed by atoms with van der Waals surface area (Å²) in [6.45, 7) is 2.99. The third kappa shape index (κ3) is 2.66. The first-order chi connectivity index (χ1) is 11.9. The van der Waals surface area contributed by atoms with Gasteiger partial charge in [-0.25, -0.2) is 9.18 Å². The van der Waals surface area contributed by atoms with Crippen molar-refractivity contribution in [1.29, 1.82) is 0 Å². The van der Waals surface area contributed by atoms with Crippen molar-refractivity contribution in [3.05, 3.63) is 46.0 Å². The molecule has 5 rings (SSSR count). The third-order valence-electron chi connectivity index (χ3n) is 5.81. The summed E-state index contributed by atoms with van der Waals surface area (Å²) in [5.74, 6) is -1.38. The number of hydrogen-bond acceptors (Lipinski definition) is 4. The number of pyridine rings is 1. The topological polar surface area (TPSA) is 65.8 Å². The fourth-order valence-electron chi connectivity index (χ4n) is 4.26. The van der Waals surface area contributed by atoms with Crippen LogP contribution in [0.25, 0.3) is 10.9 Å². The molecular formula is C18H21ClFN3O3. The van der Waals surface area contributed by atoms with Crippen LogP contribution in [0, 0.1) is 11.7 Å². The number of carbonyl (C=O) groups is 1. The molecule has 1 aromatic carbocycles. The van der Waals surface area contributed by atoms with E-state index in [0.29, 0.717) is 17.5 Å². The van der Waals surface area contributed by atoms with Crippen LogP contribution < -0.4 is 10.4 Å². The second-order valence-electron chi connectivity index (χ2n) is 7.03. The molecule has 2 aromatic rings. The number of rotatable bonds is 2. The molecule has 0 saturated carbocycles. The van der Waals surface area contributed by atoms with E-state index in [0.717, 1.165) is 25.5 Å². The van der Waals surface area contributed by atoms with Gasteiger partial charge in [0.25, 0.3) is 0 Å². The monoisotopic (exact) mass is 381 g/mol. The van der Waals surface area contributed by atoms with E-state index < -0.39 is 17.2 Å². The summed E-state index contributed by atoms with van der Waals surface area (Å²) in [5, 5.41) is 11.6. The first kappa shape index (κ1) is 18.7. The number of carboxylic acids is 1. The molecule has 4 heterocycles. The summed E-state index contributed by atoms with van der Waals surface area (Å²) in [5.41, 5.74) is -0.456. The van der Waals surface area contributed by atoms with Crippen LogP contribution in [-0.4, -0.2) is 46.5 Å². The number of aromatic nitrogens is 1. The van der Waals surface area contributed by atoms with Crippen molar-refractivity contribution in [2.45, 2.75) is 32.0 Å². The number of nitrogens with zero attached hydrogens (tertiary/aromatic N) is 3. The highest BCUT2D eigenvalue weighted by atomic mass is 35.5. The molecule has 3 unspecified atom stereocenters. The lowest BCUT2D eigenvalue weighted by Crippen LogP contribution is -2.67. The van der Waals surface area contributed by atoms with Gasteiger partial charge in [-0.05, 0) is 50.9 Å². The van der Waals surface area contributed by atoms with Crippen molar-refractivity contribution in [1.82, 2.24) is 9.58 Å². The molecular weight excluding hydrogens is 361 g/mol. The van der Waals surface area contributed by atoms with E-state index in [1.807, 2.05) is 0 Å². The summed E-state index contributed by atoms with van der Waals surface area (Å²) in [4.78, 5) is 26.3. The van der Waals surface area contributed by atoms with E-state index in [9.17, 15) is 19.1 Å². The zero-order valence-electron chi connectivity index (χ0n) is 14.6. The van der Waals surface area contributed by atoms with Crippen LogP contribution in [0.15, 0.2) is 29.2 Å². The van der Waals surface area contributed by atoms with Crippen LogP contribution in [0.1, 0.15) is 30.1 Å². The van der Waals surface area contributed by atoms with Crippen LogP contribution in [0.5, 0.6) is 0 Å². The molecule has 0 radical (unpaired) electrons. The molecule has 26 heavy (non-hydrogen) atoms. The molecule has 0 amide bonds. The molecule has 3 fully saturated rings. The van der Waals surface area contributed by atoms with E-state index in [2.05, 4.69) is 23.9 Å². The van der Waals surface area contributed by atoms with Crippen molar-refractivity contribution in [3.8, 4) is 0 Å². The Bertz CT molecular complexity index is 930. The molecule has 1 aromatic heterocycles. The maximum Gasteiger partial charge on any atom is 0.341 e. The summed E-state index contributed by atoms with van der Waals surface area (Å²) in [6, 6.07) is 4.42. The van der Waals surface area contributed by atoms with E-state index in [-0.39, 0.29) is 29.5 Å².